The number of amides is 1. The number of pyridine rings is 1. The maximum absolute atomic E-state index is 13.7. The topological polar surface area (TPSA) is 80.0 Å². The van der Waals surface area contributed by atoms with Crippen LogP contribution in [0.3, 0.4) is 0 Å². The standard InChI is InChI=1S/C23H22BrN7O/c1-15-20-18(12-19(16-6-4-3-5-7-16)27-21(20)29(2)28-15)22(32)30-8-10-31(11-9-30)23-25-13-17(24)14-26-23/h3-7,12-14H,8-11H2,1-2H3. The molecule has 0 N–H and O–H groups in total. The summed E-state index contributed by atoms with van der Waals surface area (Å²) < 4.78 is 2.59. The van der Waals surface area contributed by atoms with Crippen molar-refractivity contribution < 1.29 is 4.79 Å². The molecule has 0 radical (unpaired) electrons. The summed E-state index contributed by atoms with van der Waals surface area (Å²) in [7, 11) is 1.86. The van der Waals surface area contributed by atoms with Crippen LogP contribution in [0.5, 0.6) is 0 Å². The van der Waals surface area contributed by atoms with Gasteiger partial charge in [-0.15, -0.1) is 0 Å². The largest absolute Gasteiger partial charge is 0.337 e. The quantitative estimate of drug-likeness (QED) is 0.436. The number of fused-ring (bicyclic) bond motifs is 1. The van der Waals surface area contributed by atoms with Crippen LogP contribution in [0.15, 0.2) is 53.3 Å². The molecule has 9 heteroatoms. The van der Waals surface area contributed by atoms with E-state index in [1.807, 2.05) is 55.3 Å². The summed E-state index contributed by atoms with van der Waals surface area (Å²) in [5, 5.41) is 5.34. The van der Waals surface area contributed by atoms with Crippen LogP contribution in [-0.2, 0) is 7.05 Å². The van der Waals surface area contributed by atoms with Crippen LogP contribution in [0.2, 0.25) is 0 Å². The predicted molar refractivity (Wildman–Crippen MR) is 127 cm³/mol. The fourth-order valence-electron chi connectivity index (χ4n) is 4.12. The number of rotatable bonds is 3. The van der Waals surface area contributed by atoms with Crippen molar-refractivity contribution in [2.75, 3.05) is 31.1 Å². The highest BCUT2D eigenvalue weighted by molar-refractivity contribution is 9.10. The first-order valence-corrected chi connectivity index (χ1v) is 11.2. The van der Waals surface area contributed by atoms with Crippen LogP contribution in [0.1, 0.15) is 16.1 Å². The number of benzene rings is 1. The molecule has 1 aliphatic heterocycles. The van der Waals surface area contributed by atoms with Crippen LogP contribution in [-0.4, -0.2) is 61.7 Å². The summed E-state index contributed by atoms with van der Waals surface area (Å²) in [5.74, 6) is 0.683. The van der Waals surface area contributed by atoms with Crippen LogP contribution in [0.4, 0.5) is 5.95 Å². The lowest BCUT2D eigenvalue weighted by molar-refractivity contribution is 0.0748. The van der Waals surface area contributed by atoms with E-state index in [9.17, 15) is 4.79 Å². The number of piperazine rings is 1. The number of hydrogen-bond donors (Lipinski definition) is 0. The van der Waals surface area contributed by atoms with Gasteiger partial charge in [0.05, 0.1) is 26.8 Å². The summed E-state index contributed by atoms with van der Waals surface area (Å²) >= 11 is 3.37. The smallest absolute Gasteiger partial charge is 0.254 e. The number of carbonyl (C=O) groups is 1. The Morgan fingerprint density at radius 1 is 1.03 bits per heavy atom. The second kappa shape index (κ2) is 8.31. The van der Waals surface area contributed by atoms with E-state index in [1.165, 1.54) is 0 Å². The molecule has 0 bridgehead atoms. The van der Waals surface area contributed by atoms with Gasteiger partial charge >= 0.3 is 0 Å². The Kier molecular flexibility index (Phi) is 5.34. The van der Waals surface area contributed by atoms with Gasteiger partial charge < -0.3 is 9.80 Å². The normalized spacial score (nSPS) is 14.2. The average molecular weight is 492 g/mol. The van der Waals surface area contributed by atoms with Gasteiger partial charge in [-0.1, -0.05) is 30.3 Å². The second-order valence-corrected chi connectivity index (χ2v) is 8.72. The maximum Gasteiger partial charge on any atom is 0.254 e. The minimum atomic E-state index is 0.00190. The zero-order valence-corrected chi connectivity index (χ0v) is 19.4. The molecule has 162 valence electrons. The predicted octanol–water partition coefficient (Wildman–Crippen LogP) is 3.46. The van der Waals surface area contributed by atoms with Crippen LogP contribution in [0.25, 0.3) is 22.3 Å². The third-order valence-electron chi connectivity index (χ3n) is 5.73. The molecule has 0 saturated carbocycles. The highest BCUT2D eigenvalue weighted by Crippen LogP contribution is 2.28. The molecule has 1 aliphatic rings. The molecule has 5 rings (SSSR count). The number of nitrogens with zero attached hydrogens (tertiary/aromatic N) is 7. The van der Waals surface area contributed by atoms with Gasteiger partial charge in [0.15, 0.2) is 5.65 Å². The summed E-state index contributed by atoms with van der Waals surface area (Å²) in [6, 6.07) is 11.8. The van der Waals surface area contributed by atoms with Crippen LogP contribution < -0.4 is 4.90 Å². The Balaban J connectivity index is 1.46. The molecular formula is C23H22BrN7O. The van der Waals surface area contributed by atoms with Gasteiger partial charge in [0, 0.05) is 51.2 Å². The third-order valence-corrected chi connectivity index (χ3v) is 6.13. The van der Waals surface area contributed by atoms with Crippen molar-refractivity contribution in [3.63, 3.8) is 0 Å². The molecule has 1 amide bonds. The molecule has 1 saturated heterocycles. The fourth-order valence-corrected chi connectivity index (χ4v) is 4.32. The molecular weight excluding hydrogens is 470 g/mol. The molecule has 1 aromatic carbocycles. The van der Waals surface area contributed by atoms with Crippen molar-refractivity contribution in [2.45, 2.75) is 6.92 Å². The lowest BCUT2D eigenvalue weighted by atomic mass is 10.0. The molecule has 4 aromatic rings. The molecule has 0 unspecified atom stereocenters. The highest BCUT2D eigenvalue weighted by atomic mass is 79.9. The van der Waals surface area contributed by atoms with E-state index >= 15 is 0 Å². The van der Waals surface area contributed by atoms with Gasteiger partial charge in [0.2, 0.25) is 5.95 Å². The Morgan fingerprint density at radius 2 is 1.72 bits per heavy atom. The number of aromatic nitrogens is 5. The first kappa shape index (κ1) is 20.6. The molecule has 1 fully saturated rings. The van der Waals surface area contributed by atoms with Gasteiger partial charge in [-0.25, -0.2) is 15.0 Å². The maximum atomic E-state index is 13.7. The Morgan fingerprint density at radius 3 is 2.41 bits per heavy atom. The molecule has 3 aromatic heterocycles. The lowest BCUT2D eigenvalue weighted by Crippen LogP contribution is -2.49. The molecule has 0 atom stereocenters. The molecule has 0 aliphatic carbocycles. The van der Waals surface area contributed by atoms with Crippen LogP contribution in [0, 0.1) is 6.92 Å². The summed E-state index contributed by atoms with van der Waals surface area (Å²) in [6.45, 7) is 4.48. The lowest BCUT2D eigenvalue weighted by Gasteiger charge is -2.34. The summed E-state index contributed by atoms with van der Waals surface area (Å²) in [6.07, 6.45) is 3.48. The fraction of sp³-hybridized carbons (Fsp3) is 0.261. The first-order chi connectivity index (χ1) is 15.5. The van der Waals surface area contributed by atoms with Gasteiger partial charge in [-0.05, 0) is 28.9 Å². The van der Waals surface area contributed by atoms with E-state index in [0.29, 0.717) is 43.3 Å². The minimum absolute atomic E-state index is 0.00190. The Bertz CT molecular complexity index is 1280. The molecule has 32 heavy (non-hydrogen) atoms. The average Bonchev–Trinajstić information content (AvgIpc) is 3.12. The van der Waals surface area contributed by atoms with Gasteiger partial charge in [0.25, 0.3) is 5.91 Å². The van der Waals surface area contributed by atoms with Crippen molar-refractivity contribution in [2.24, 2.45) is 7.05 Å². The Labute approximate surface area is 194 Å². The zero-order valence-electron chi connectivity index (χ0n) is 17.9. The van der Waals surface area contributed by atoms with E-state index < -0.39 is 0 Å². The third kappa shape index (κ3) is 3.73. The molecule has 4 heterocycles. The van der Waals surface area contributed by atoms with E-state index in [0.717, 1.165) is 26.8 Å². The highest BCUT2D eigenvalue weighted by Gasteiger charge is 2.27. The van der Waals surface area contributed by atoms with Gasteiger partial charge in [-0.3, -0.25) is 9.48 Å². The van der Waals surface area contributed by atoms with E-state index in [-0.39, 0.29) is 5.91 Å². The van der Waals surface area contributed by atoms with Gasteiger partial charge in [0.1, 0.15) is 0 Å². The molecule has 8 nitrogen and oxygen atoms in total. The van der Waals surface area contributed by atoms with Gasteiger partial charge in [-0.2, -0.15) is 5.10 Å². The van der Waals surface area contributed by atoms with E-state index in [4.69, 9.17) is 4.98 Å². The Hall–Kier alpha value is -3.33. The minimum Gasteiger partial charge on any atom is -0.337 e. The molecule has 0 spiro atoms. The number of halogens is 1. The second-order valence-electron chi connectivity index (χ2n) is 7.81. The van der Waals surface area contributed by atoms with E-state index in [2.05, 4.69) is 35.9 Å². The van der Waals surface area contributed by atoms with Crippen molar-refractivity contribution in [3.8, 4) is 11.3 Å². The van der Waals surface area contributed by atoms with Crippen molar-refractivity contribution in [3.05, 3.63) is 64.5 Å². The summed E-state index contributed by atoms with van der Waals surface area (Å²) in [4.78, 5) is 31.2. The van der Waals surface area contributed by atoms with Crippen molar-refractivity contribution >= 4 is 38.8 Å². The number of hydrogen-bond acceptors (Lipinski definition) is 6. The summed E-state index contributed by atoms with van der Waals surface area (Å²) in [5.41, 5.74) is 3.91. The number of aryl methyl sites for hydroxylation is 2. The van der Waals surface area contributed by atoms with Crippen molar-refractivity contribution in [1.82, 2.24) is 29.6 Å². The van der Waals surface area contributed by atoms with Crippen molar-refractivity contribution in [1.29, 1.82) is 0 Å². The SMILES string of the molecule is Cc1nn(C)c2nc(-c3ccccc3)cc(C(=O)N3CCN(c4ncc(Br)cn4)CC3)c12. The number of anilines is 1. The van der Waals surface area contributed by atoms with Crippen LogP contribution >= 0.6 is 15.9 Å². The van der Waals surface area contributed by atoms with E-state index in [1.54, 1.807) is 17.1 Å². The zero-order chi connectivity index (χ0) is 22.2. The number of carbonyl (C=O) groups excluding carboxylic acids is 1. The first-order valence-electron chi connectivity index (χ1n) is 10.4. The monoisotopic (exact) mass is 491 g/mol.